The van der Waals surface area contributed by atoms with Crippen LogP contribution in [-0.4, -0.2) is 52.8 Å². The summed E-state index contributed by atoms with van der Waals surface area (Å²) >= 11 is 7.79. The molecule has 0 aliphatic carbocycles. The minimum atomic E-state index is -1.41. The van der Waals surface area contributed by atoms with Crippen molar-refractivity contribution in [3.63, 3.8) is 0 Å². The Morgan fingerprint density at radius 1 is 1.00 bits per heavy atom. The number of thioether (sulfide) groups is 1. The Bertz CT molecular complexity index is 1410. The number of Topliss-reactive ketones (excluding diaryl/α,β-unsaturated/α-hetero) is 1. The maximum atomic E-state index is 13.8. The van der Waals surface area contributed by atoms with E-state index in [1.54, 1.807) is 36.0 Å². The van der Waals surface area contributed by atoms with Gasteiger partial charge in [0, 0.05) is 35.4 Å². The molecule has 0 radical (unpaired) electrons. The van der Waals surface area contributed by atoms with Crippen molar-refractivity contribution in [2.45, 2.75) is 44.1 Å². The van der Waals surface area contributed by atoms with Crippen LogP contribution in [0.4, 0.5) is 4.79 Å². The lowest BCUT2D eigenvalue weighted by Gasteiger charge is -2.26. The van der Waals surface area contributed by atoms with Gasteiger partial charge in [-0.05, 0) is 74.9 Å². The molecule has 1 saturated heterocycles. The molecular formula is C31H32ClNO6S. The molecule has 4 rings (SSSR count). The van der Waals surface area contributed by atoms with E-state index in [9.17, 15) is 19.5 Å². The Hall–Kier alpha value is -3.49. The highest BCUT2D eigenvalue weighted by Gasteiger charge is 2.42. The fraction of sp³-hybridized carbons (Fsp3) is 0.323. The standard InChI is InChI=1S/C31H32ClNO6S/c1-18-14-21(15-19(2)28(18)39-31(3,4)29(35)36)23-16-33(30(37)38-26-9-7-6-8-25(26)32)17-24(23)27(34)20-10-12-22(40-5)13-11-20/h6-15,23-24H,16-17H2,1-5H3,(H,35,36)/t23-,24+/m1/s1. The fourth-order valence-corrected chi connectivity index (χ4v) is 5.45. The zero-order chi connectivity index (χ0) is 29.2. The molecule has 0 bridgehead atoms. The first-order valence-electron chi connectivity index (χ1n) is 12.8. The van der Waals surface area contributed by atoms with E-state index < -0.39 is 23.6 Å². The van der Waals surface area contributed by atoms with Crippen LogP contribution in [0, 0.1) is 19.8 Å². The number of ketones is 1. The summed E-state index contributed by atoms with van der Waals surface area (Å²) in [4.78, 5) is 41.2. The predicted octanol–water partition coefficient (Wildman–Crippen LogP) is 7.02. The van der Waals surface area contributed by atoms with Gasteiger partial charge in [-0.3, -0.25) is 4.79 Å². The highest BCUT2D eigenvalue weighted by Crippen LogP contribution is 2.39. The van der Waals surface area contributed by atoms with Gasteiger partial charge in [-0.1, -0.05) is 48.0 Å². The van der Waals surface area contributed by atoms with E-state index in [4.69, 9.17) is 21.1 Å². The molecule has 40 heavy (non-hydrogen) atoms. The molecule has 0 unspecified atom stereocenters. The number of carboxylic acids is 1. The number of carboxylic acid groups (broad SMARTS) is 1. The molecule has 1 aliphatic heterocycles. The topological polar surface area (TPSA) is 93.1 Å². The van der Waals surface area contributed by atoms with Gasteiger partial charge in [0.15, 0.2) is 17.1 Å². The number of aliphatic carboxylic acids is 1. The molecule has 210 valence electrons. The van der Waals surface area contributed by atoms with E-state index in [2.05, 4.69) is 0 Å². The van der Waals surface area contributed by atoms with Crippen LogP contribution in [0.5, 0.6) is 11.5 Å². The van der Waals surface area contributed by atoms with Crippen molar-refractivity contribution in [2.75, 3.05) is 19.3 Å². The minimum Gasteiger partial charge on any atom is -0.478 e. The van der Waals surface area contributed by atoms with Crippen molar-refractivity contribution in [1.82, 2.24) is 4.90 Å². The Balaban J connectivity index is 1.67. The van der Waals surface area contributed by atoms with E-state index in [0.717, 1.165) is 21.6 Å². The lowest BCUT2D eigenvalue weighted by molar-refractivity contribution is -0.152. The number of amides is 1. The summed E-state index contributed by atoms with van der Waals surface area (Å²) in [7, 11) is 0. The van der Waals surface area contributed by atoms with Crippen LogP contribution in [0.15, 0.2) is 65.6 Å². The van der Waals surface area contributed by atoms with Crippen molar-refractivity contribution in [1.29, 1.82) is 0 Å². The van der Waals surface area contributed by atoms with Gasteiger partial charge >= 0.3 is 12.1 Å². The third kappa shape index (κ3) is 6.29. The number of halogens is 1. The van der Waals surface area contributed by atoms with Crippen molar-refractivity contribution < 1.29 is 29.0 Å². The van der Waals surface area contributed by atoms with Gasteiger partial charge < -0.3 is 19.5 Å². The van der Waals surface area contributed by atoms with Crippen LogP contribution >= 0.6 is 23.4 Å². The molecule has 0 aromatic heterocycles. The third-order valence-electron chi connectivity index (χ3n) is 7.11. The first kappa shape index (κ1) is 29.5. The zero-order valence-electron chi connectivity index (χ0n) is 23.1. The van der Waals surface area contributed by atoms with Crippen molar-refractivity contribution in [3.8, 4) is 11.5 Å². The second-order valence-electron chi connectivity index (χ2n) is 10.4. The van der Waals surface area contributed by atoms with Gasteiger partial charge in [0.05, 0.1) is 5.02 Å². The number of hydrogen-bond donors (Lipinski definition) is 1. The Morgan fingerprint density at radius 3 is 2.20 bits per heavy atom. The minimum absolute atomic E-state index is 0.0617. The van der Waals surface area contributed by atoms with Crippen LogP contribution in [0.3, 0.4) is 0 Å². The van der Waals surface area contributed by atoms with Gasteiger partial charge in [0.1, 0.15) is 5.75 Å². The Kier molecular flexibility index (Phi) is 8.80. The second kappa shape index (κ2) is 11.9. The Morgan fingerprint density at radius 2 is 1.62 bits per heavy atom. The molecule has 0 spiro atoms. The third-order valence-corrected chi connectivity index (χ3v) is 8.16. The molecular weight excluding hydrogens is 550 g/mol. The number of likely N-dealkylation sites (tertiary alicyclic amines) is 1. The molecule has 2 atom stereocenters. The molecule has 1 N–H and O–H groups in total. The summed E-state index contributed by atoms with van der Waals surface area (Å²) in [5.74, 6) is -1.22. The average molecular weight is 582 g/mol. The summed E-state index contributed by atoms with van der Waals surface area (Å²) in [6.07, 6.45) is 1.39. The van der Waals surface area contributed by atoms with Crippen LogP contribution in [0.25, 0.3) is 0 Å². The number of benzene rings is 3. The molecule has 1 aliphatic rings. The molecule has 9 heteroatoms. The van der Waals surface area contributed by atoms with E-state index in [1.807, 2.05) is 56.5 Å². The van der Waals surface area contributed by atoms with E-state index >= 15 is 0 Å². The van der Waals surface area contributed by atoms with E-state index in [0.29, 0.717) is 16.3 Å². The summed E-state index contributed by atoms with van der Waals surface area (Å²) in [5.41, 5.74) is 1.52. The molecule has 1 fully saturated rings. The average Bonchev–Trinajstić information content (AvgIpc) is 3.37. The largest absolute Gasteiger partial charge is 0.478 e. The second-order valence-corrected chi connectivity index (χ2v) is 11.7. The monoisotopic (exact) mass is 581 g/mol. The van der Waals surface area contributed by atoms with E-state index in [1.165, 1.54) is 18.7 Å². The van der Waals surface area contributed by atoms with Gasteiger partial charge in [0.25, 0.3) is 0 Å². The lowest BCUT2D eigenvalue weighted by atomic mass is 9.82. The molecule has 3 aromatic carbocycles. The van der Waals surface area contributed by atoms with Crippen LogP contribution in [0.2, 0.25) is 5.02 Å². The SMILES string of the molecule is CSc1ccc(C(=O)[C@H]2CN(C(=O)Oc3ccccc3Cl)C[C@@H]2c2cc(C)c(OC(C)(C)C(=O)O)c(C)c2)cc1. The molecule has 1 amide bonds. The zero-order valence-corrected chi connectivity index (χ0v) is 24.6. The van der Waals surface area contributed by atoms with Crippen molar-refractivity contribution >= 4 is 41.2 Å². The summed E-state index contributed by atoms with van der Waals surface area (Å²) < 4.78 is 11.5. The predicted molar refractivity (Wildman–Crippen MR) is 156 cm³/mol. The maximum absolute atomic E-state index is 13.8. The highest BCUT2D eigenvalue weighted by molar-refractivity contribution is 7.98. The number of carbonyl (C=O) groups is 3. The smallest absolute Gasteiger partial charge is 0.415 e. The van der Waals surface area contributed by atoms with Crippen LogP contribution < -0.4 is 9.47 Å². The van der Waals surface area contributed by atoms with Gasteiger partial charge in [-0.25, -0.2) is 9.59 Å². The van der Waals surface area contributed by atoms with Gasteiger partial charge in [-0.2, -0.15) is 0 Å². The van der Waals surface area contributed by atoms with Crippen molar-refractivity contribution in [3.05, 3.63) is 87.9 Å². The maximum Gasteiger partial charge on any atom is 0.415 e. The van der Waals surface area contributed by atoms with E-state index in [-0.39, 0.29) is 30.5 Å². The molecule has 0 saturated carbocycles. The number of rotatable bonds is 8. The van der Waals surface area contributed by atoms with Crippen LogP contribution in [0.1, 0.15) is 46.8 Å². The summed E-state index contributed by atoms with van der Waals surface area (Å²) in [6.45, 7) is 7.14. The number of ether oxygens (including phenoxy) is 2. The normalized spacial score (nSPS) is 17.0. The first-order valence-corrected chi connectivity index (χ1v) is 14.4. The lowest BCUT2D eigenvalue weighted by Crippen LogP contribution is -2.38. The first-order chi connectivity index (χ1) is 18.9. The number of aryl methyl sites for hydroxylation is 2. The summed E-state index contributed by atoms with van der Waals surface area (Å²) in [5, 5.41) is 9.85. The number of carbonyl (C=O) groups excluding carboxylic acids is 2. The van der Waals surface area contributed by atoms with Gasteiger partial charge in [-0.15, -0.1) is 11.8 Å². The quantitative estimate of drug-likeness (QED) is 0.226. The highest BCUT2D eigenvalue weighted by atomic mass is 35.5. The number of hydrogen-bond acceptors (Lipinski definition) is 6. The summed E-state index contributed by atoms with van der Waals surface area (Å²) in [6, 6.07) is 18.0. The van der Waals surface area contributed by atoms with Crippen LogP contribution in [-0.2, 0) is 4.79 Å². The molecule has 1 heterocycles. The van der Waals surface area contributed by atoms with Crippen molar-refractivity contribution in [2.24, 2.45) is 5.92 Å². The Labute approximate surface area is 243 Å². The fourth-order valence-electron chi connectivity index (χ4n) is 4.87. The van der Waals surface area contributed by atoms with Gasteiger partial charge in [0.2, 0.25) is 0 Å². The molecule has 7 nitrogen and oxygen atoms in total. The molecule has 3 aromatic rings. The number of para-hydroxylation sites is 1. The number of nitrogens with zero attached hydrogens (tertiary/aromatic N) is 1.